The van der Waals surface area contributed by atoms with Crippen molar-refractivity contribution in [2.75, 3.05) is 0 Å². The van der Waals surface area contributed by atoms with E-state index in [0.717, 1.165) is 16.7 Å². The van der Waals surface area contributed by atoms with Gasteiger partial charge >= 0.3 is 0 Å². The van der Waals surface area contributed by atoms with E-state index >= 15 is 0 Å². The van der Waals surface area contributed by atoms with Gasteiger partial charge in [-0.05, 0) is 54.0 Å². The minimum absolute atomic E-state index is 0.0335. The van der Waals surface area contributed by atoms with Crippen molar-refractivity contribution >= 4 is 17.5 Å². The minimum Gasteiger partial charge on any atom is -0.489 e. The average molecular weight is 387 g/mol. The van der Waals surface area contributed by atoms with Crippen LogP contribution in [0.1, 0.15) is 27.0 Å². The Balaban J connectivity index is 1.49. The molecule has 3 aromatic carbocycles. The standard InChI is InChI=1S/C23H17NO5/c1-15-4-2-3-5-17(15)12-22-23(25)20-11-10-19(13-21(20)29-22)28-14-16-6-8-18(9-7-16)24(26)27/h2-13H,14H2,1H3/b22-12+. The zero-order valence-electron chi connectivity index (χ0n) is 15.6. The second kappa shape index (κ2) is 7.59. The molecule has 0 saturated carbocycles. The number of Topliss-reactive ketones (excluding diaryl/α,β-unsaturated/α-hetero) is 1. The summed E-state index contributed by atoms with van der Waals surface area (Å²) in [6, 6.07) is 19.0. The number of hydrogen-bond donors (Lipinski definition) is 0. The molecule has 0 N–H and O–H groups in total. The summed E-state index contributed by atoms with van der Waals surface area (Å²) in [5, 5.41) is 10.7. The number of allylic oxidation sites excluding steroid dienone is 1. The van der Waals surface area contributed by atoms with E-state index in [1.165, 1.54) is 12.1 Å². The first-order valence-corrected chi connectivity index (χ1v) is 9.01. The zero-order valence-corrected chi connectivity index (χ0v) is 15.6. The van der Waals surface area contributed by atoms with E-state index in [2.05, 4.69) is 0 Å². The van der Waals surface area contributed by atoms with Gasteiger partial charge in [-0.15, -0.1) is 0 Å². The molecular formula is C23H17NO5. The van der Waals surface area contributed by atoms with Crippen LogP contribution in [0, 0.1) is 17.0 Å². The smallest absolute Gasteiger partial charge is 0.269 e. The number of fused-ring (bicyclic) bond motifs is 1. The fourth-order valence-electron chi connectivity index (χ4n) is 3.03. The van der Waals surface area contributed by atoms with Crippen LogP contribution in [0.2, 0.25) is 0 Å². The number of carbonyl (C=O) groups excluding carboxylic acids is 1. The highest BCUT2D eigenvalue weighted by atomic mass is 16.6. The number of benzene rings is 3. The van der Waals surface area contributed by atoms with Crippen LogP contribution < -0.4 is 9.47 Å². The Morgan fingerprint density at radius 3 is 2.55 bits per heavy atom. The summed E-state index contributed by atoms with van der Waals surface area (Å²) >= 11 is 0. The highest BCUT2D eigenvalue weighted by Gasteiger charge is 2.27. The van der Waals surface area contributed by atoms with Crippen molar-refractivity contribution in [2.24, 2.45) is 0 Å². The molecule has 0 aliphatic carbocycles. The van der Waals surface area contributed by atoms with Crippen molar-refractivity contribution in [3.05, 3.63) is 105 Å². The number of rotatable bonds is 5. The lowest BCUT2D eigenvalue weighted by atomic mass is 10.1. The first-order chi connectivity index (χ1) is 14.0. The number of non-ortho nitro benzene ring substituents is 1. The molecule has 4 rings (SSSR count). The second-order valence-corrected chi connectivity index (χ2v) is 6.67. The van der Waals surface area contributed by atoms with Crippen molar-refractivity contribution in [1.82, 2.24) is 0 Å². The number of nitro benzene ring substituents is 1. The Morgan fingerprint density at radius 2 is 1.83 bits per heavy atom. The number of nitrogens with zero attached hydrogens (tertiary/aromatic N) is 1. The molecule has 1 heterocycles. The molecule has 144 valence electrons. The van der Waals surface area contributed by atoms with E-state index in [4.69, 9.17) is 9.47 Å². The number of hydrogen-bond acceptors (Lipinski definition) is 5. The SMILES string of the molecule is Cc1ccccc1/C=C1/Oc2cc(OCc3ccc([N+](=O)[O-])cc3)ccc2C1=O. The van der Waals surface area contributed by atoms with E-state index in [-0.39, 0.29) is 23.8 Å². The lowest BCUT2D eigenvalue weighted by Gasteiger charge is -2.07. The highest BCUT2D eigenvalue weighted by molar-refractivity contribution is 6.14. The lowest BCUT2D eigenvalue weighted by Crippen LogP contribution is -1.98. The molecular weight excluding hydrogens is 370 g/mol. The summed E-state index contributed by atoms with van der Waals surface area (Å²) in [7, 11) is 0. The third-order valence-corrected chi connectivity index (χ3v) is 4.67. The van der Waals surface area contributed by atoms with Gasteiger partial charge in [0.2, 0.25) is 5.78 Å². The van der Waals surface area contributed by atoms with Gasteiger partial charge in [0.1, 0.15) is 18.1 Å². The summed E-state index contributed by atoms with van der Waals surface area (Å²) in [5.41, 5.74) is 3.31. The maximum Gasteiger partial charge on any atom is 0.269 e. The summed E-state index contributed by atoms with van der Waals surface area (Å²) in [6.07, 6.45) is 1.75. The molecule has 0 atom stereocenters. The molecule has 0 saturated heterocycles. The maximum atomic E-state index is 12.6. The van der Waals surface area contributed by atoms with E-state index in [1.54, 1.807) is 36.4 Å². The van der Waals surface area contributed by atoms with Crippen LogP contribution in [0.4, 0.5) is 5.69 Å². The number of ether oxygens (including phenoxy) is 2. The van der Waals surface area contributed by atoms with Crippen LogP contribution in [0.25, 0.3) is 6.08 Å². The zero-order chi connectivity index (χ0) is 20.4. The molecule has 0 spiro atoms. The highest BCUT2D eigenvalue weighted by Crippen LogP contribution is 2.35. The van der Waals surface area contributed by atoms with Gasteiger partial charge < -0.3 is 9.47 Å². The van der Waals surface area contributed by atoms with Crippen molar-refractivity contribution in [3.8, 4) is 11.5 Å². The predicted molar refractivity (Wildman–Crippen MR) is 108 cm³/mol. The van der Waals surface area contributed by atoms with Gasteiger partial charge in [0, 0.05) is 18.2 Å². The predicted octanol–water partition coefficient (Wildman–Crippen LogP) is 5.10. The Labute approximate surface area is 167 Å². The molecule has 3 aromatic rings. The molecule has 29 heavy (non-hydrogen) atoms. The maximum absolute atomic E-state index is 12.6. The summed E-state index contributed by atoms with van der Waals surface area (Å²) in [5.74, 6) is 1.12. The van der Waals surface area contributed by atoms with Crippen LogP contribution in [-0.2, 0) is 6.61 Å². The monoisotopic (exact) mass is 387 g/mol. The number of ketones is 1. The van der Waals surface area contributed by atoms with Crippen LogP contribution in [0.3, 0.4) is 0 Å². The average Bonchev–Trinajstić information content (AvgIpc) is 3.03. The van der Waals surface area contributed by atoms with E-state index < -0.39 is 4.92 Å². The first-order valence-electron chi connectivity index (χ1n) is 9.01. The largest absolute Gasteiger partial charge is 0.489 e. The topological polar surface area (TPSA) is 78.7 Å². The lowest BCUT2D eigenvalue weighted by molar-refractivity contribution is -0.384. The van der Waals surface area contributed by atoms with E-state index in [9.17, 15) is 14.9 Å². The van der Waals surface area contributed by atoms with Crippen LogP contribution in [0.5, 0.6) is 11.5 Å². The van der Waals surface area contributed by atoms with Crippen LogP contribution in [-0.4, -0.2) is 10.7 Å². The Bertz CT molecular complexity index is 1130. The Kier molecular flexibility index (Phi) is 4.83. The first kappa shape index (κ1) is 18.4. The quantitative estimate of drug-likeness (QED) is 0.346. The molecule has 1 aliphatic rings. The molecule has 6 nitrogen and oxygen atoms in total. The molecule has 0 amide bonds. The van der Waals surface area contributed by atoms with Gasteiger partial charge in [0.25, 0.3) is 5.69 Å². The second-order valence-electron chi connectivity index (χ2n) is 6.67. The van der Waals surface area contributed by atoms with Crippen LogP contribution in [0.15, 0.2) is 72.5 Å². The van der Waals surface area contributed by atoms with Gasteiger partial charge in [0.15, 0.2) is 5.76 Å². The van der Waals surface area contributed by atoms with Crippen molar-refractivity contribution in [2.45, 2.75) is 13.5 Å². The Hall–Kier alpha value is -3.93. The molecule has 0 radical (unpaired) electrons. The molecule has 0 unspecified atom stereocenters. The fourth-order valence-corrected chi connectivity index (χ4v) is 3.03. The van der Waals surface area contributed by atoms with Gasteiger partial charge in [-0.3, -0.25) is 14.9 Å². The van der Waals surface area contributed by atoms with Gasteiger partial charge in [-0.2, -0.15) is 0 Å². The molecule has 0 bridgehead atoms. The van der Waals surface area contributed by atoms with Gasteiger partial charge in [0.05, 0.1) is 10.5 Å². The third kappa shape index (κ3) is 3.87. The minimum atomic E-state index is -0.443. The molecule has 1 aliphatic heterocycles. The van der Waals surface area contributed by atoms with Crippen LogP contribution >= 0.6 is 0 Å². The van der Waals surface area contributed by atoms with Gasteiger partial charge in [-0.1, -0.05) is 24.3 Å². The van der Waals surface area contributed by atoms with E-state index in [1.807, 2.05) is 31.2 Å². The van der Waals surface area contributed by atoms with Crippen molar-refractivity contribution < 1.29 is 19.2 Å². The fraction of sp³-hybridized carbons (Fsp3) is 0.0870. The molecule has 0 aromatic heterocycles. The molecule has 0 fully saturated rings. The summed E-state index contributed by atoms with van der Waals surface area (Å²) < 4.78 is 11.5. The van der Waals surface area contributed by atoms with Gasteiger partial charge in [-0.25, -0.2) is 0 Å². The number of aryl methyl sites for hydroxylation is 1. The Morgan fingerprint density at radius 1 is 1.07 bits per heavy atom. The summed E-state index contributed by atoms with van der Waals surface area (Å²) in [6.45, 7) is 2.22. The number of carbonyl (C=O) groups is 1. The van der Waals surface area contributed by atoms with Crippen molar-refractivity contribution in [3.63, 3.8) is 0 Å². The normalized spacial score (nSPS) is 13.8. The van der Waals surface area contributed by atoms with E-state index in [0.29, 0.717) is 17.1 Å². The number of nitro groups is 1. The van der Waals surface area contributed by atoms with Crippen molar-refractivity contribution in [1.29, 1.82) is 0 Å². The summed E-state index contributed by atoms with van der Waals surface area (Å²) in [4.78, 5) is 22.9. The third-order valence-electron chi connectivity index (χ3n) is 4.67. The molecule has 6 heteroatoms.